The van der Waals surface area contributed by atoms with Crippen LogP contribution in [0.1, 0.15) is 12.8 Å². The van der Waals surface area contributed by atoms with Gasteiger partial charge in [0.1, 0.15) is 0 Å². The van der Waals surface area contributed by atoms with Crippen LogP contribution in [-0.2, 0) is 13.6 Å². The van der Waals surface area contributed by atoms with Crippen molar-refractivity contribution in [1.29, 1.82) is 0 Å². The first-order valence-corrected chi connectivity index (χ1v) is 5.22. The van der Waals surface area contributed by atoms with Crippen molar-refractivity contribution in [2.75, 3.05) is 27.0 Å². The Balaban J connectivity index is 3.61. The zero-order chi connectivity index (χ0) is 8.74. The van der Waals surface area contributed by atoms with Gasteiger partial charge in [-0.05, 0) is 12.8 Å². The van der Waals surface area contributed by atoms with Gasteiger partial charge in [-0.25, -0.2) is 0 Å². The number of rotatable bonds is 6. The third-order valence-electron chi connectivity index (χ3n) is 1.40. The molecule has 0 aliphatic heterocycles. The first kappa shape index (κ1) is 11.1. The van der Waals surface area contributed by atoms with Crippen LogP contribution in [0, 0.1) is 0 Å². The molecule has 0 fully saturated rings. The molecule has 0 aromatic rings. The molecule has 0 aliphatic carbocycles. The SMILES string of the molecule is COP(=O)(CCCCO)OC. The molecule has 0 aromatic heterocycles. The van der Waals surface area contributed by atoms with Gasteiger partial charge in [-0.1, -0.05) is 0 Å². The molecular formula is C6H15O4P. The number of aliphatic hydroxyl groups is 1. The largest absolute Gasteiger partial charge is 0.396 e. The first-order valence-electron chi connectivity index (χ1n) is 3.50. The Kier molecular flexibility index (Phi) is 5.78. The van der Waals surface area contributed by atoms with Crippen LogP contribution in [0.25, 0.3) is 0 Å². The van der Waals surface area contributed by atoms with E-state index >= 15 is 0 Å². The van der Waals surface area contributed by atoms with E-state index in [0.717, 1.165) is 0 Å². The highest BCUT2D eigenvalue weighted by Gasteiger charge is 2.19. The average molecular weight is 182 g/mol. The summed E-state index contributed by atoms with van der Waals surface area (Å²) in [5.41, 5.74) is 0. The van der Waals surface area contributed by atoms with Crippen molar-refractivity contribution in [2.24, 2.45) is 0 Å². The third-order valence-corrected chi connectivity index (χ3v) is 3.37. The average Bonchev–Trinajstić information content (AvgIpc) is 2.05. The minimum Gasteiger partial charge on any atom is -0.396 e. The Bertz CT molecular complexity index is 129. The standard InChI is InChI=1S/C6H15O4P/c1-9-11(8,10-2)6-4-3-5-7/h7H,3-6H2,1-2H3. The van der Waals surface area contributed by atoms with Crippen LogP contribution in [0.4, 0.5) is 0 Å². The summed E-state index contributed by atoms with van der Waals surface area (Å²) in [6.45, 7) is 0.118. The third kappa shape index (κ3) is 4.53. The molecule has 0 saturated heterocycles. The summed E-state index contributed by atoms with van der Waals surface area (Å²) < 4.78 is 20.7. The molecule has 0 spiro atoms. The van der Waals surface area contributed by atoms with Crippen molar-refractivity contribution in [3.05, 3.63) is 0 Å². The second-order valence-electron chi connectivity index (χ2n) is 2.13. The van der Waals surface area contributed by atoms with E-state index in [-0.39, 0.29) is 6.61 Å². The highest BCUT2D eigenvalue weighted by atomic mass is 31.2. The van der Waals surface area contributed by atoms with E-state index in [1.54, 1.807) is 0 Å². The summed E-state index contributed by atoms with van der Waals surface area (Å²) in [6, 6.07) is 0. The Morgan fingerprint density at radius 2 is 1.82 bits per heavy atom. The van der Waals surface area contributed by atoms with Crippen molar-refractivity contribution >= 4 is 7.60 Å². The van der Waals surface area contributed by atoms with Gasteiger partial charge in [-0.15, -0.1) is 0 Å². The zero-order valence-electron chi connectivity index (χ0n) is 6.95. The first-order chi connectivity index (χ1) is 5.18. The van der Waals surface area contributed by atoms with Gasteiger partial charge in [0, 0.05) is 20.8 Å². The van der Waals surface area contributed by atoms with Crippen LogP contribution in [0.2, 0.25) is 0 Å². The molecule has 5 heteroatoms. The topological polar surface area (TPSA) is 55.8 Å². The Morgan fingerprint density at radius 1 is 1.27 bits per heavy atom. The van der Waals surface area contributed by atoms with Crippen LogP contribution in [0.15, 0.2) is 0 Å². The van der Waals surface area contributed by atoms with Crippen LogP contribution in [-0.4, -0.2) is 32.1 Å². The highest BCUT2D eigenvalue weighted by molar-refractivity contribution is 7.53. The molecule has 4 nitrogen and oxygen atoms in total. The Labute approximate surface area is 67.0 Å². The number of hydrogen-bond acceptors (Lipinski definition) is 4. The van der Waals surface area contributed by atoms with E-state index in [2.05, 4.69) is 9.05 Å². The molecule has 68 valence electrons. The molecular weight excluding hydrogens is 167 g/mol. The van der Waals surface area contributed by atoms with E-state index in [4.69, 9.17) is 5.11 Å². The molecule has 0 amide bonds. The van der Waals surface area contributed by atoms with Crippen LogP contribution in [0.3, 0.4) is 0 Å². The molecule has 11 heavy (non-hydrogen) atoms. The highest BCUT2D eigenvalue weighted by Crippen LogP contribution is 2.46. The van der Waals surface area contributed by atoms with Crippen LogP contribution in [0.5, 0.6) is 0 Å². The van der Waals surface area contributed by atoms with Crippen LogP contribution >= 0.6 is 7.60 Å². The smallest absolute Gasteiger partial charge is 0.330 e. The van der Waals surface area contributed by atoms with E-state index in [1.165, 1.54) is 14.2 Å². The van der Waals surface area contributed by atoms with Gasteiger partial charge in [-0.3, -0.25) is 4.57 Å². The minimum atomic E-state index is -2.82. The van der Waals surface area contributed by atoms with Gasteiger partial charge in [0.05, 0.1) is 6.16 Å². The van der Waals surface area contributed by atoms with E-state index in [0.29, 0.717) is 19.0 Å². The molecule has 0 bridgehead atoms. The van der Waals surface area contributed by atoms with Gasteiger partial charge >= 0.3 is 7.60 Å². The molecule has 1 N–H and O–H groups in total. The van der Waals surface area contributed by atoms with Gasteiger partial charge in [0.15, 0.2) is 0 Å². The van der Waals surface area contributed by atoms with Crippen LogP contribution < -0.4 is 0 Å². The van der Waals surface area contributed by atoms with Crippen molar-refractivity contribution < 1.29 is 18.7 Å². The monoisotopic (exact) mass is 182 g/mol. The predicted octanol–water partition coefficient (Wildman–Crippen LogP) is 1.24. The maximum absolute atomic E-state index is 11.3. The lowest BCUT2D eigenvalue weighted by Gasteiger charge is -2.12. The van der Waals surface area contributed by atoms with E-state index in [1.807, 2.05) is 0 Å². The van der Waals surface area contributed by atoms with Gasteiger partial charge < -0.3 is 14.2 Å². The molecule has 0 rings (SSSR count). The summed E-state index contributed by atoms with van der Waals surface area (Å²) in [4.78, 5) is 0. The number of unbranched alkanes of at least 4 members (excludes halogenated alkanes) is 1. The summed E-state index contributed by atoms with van der Waals surface area (Å²) in [5.74, 6) is 0. The number of aliphatic hydroxyl groups excluding tert-OH is 1. The van der Waals surface area contributed by atoms with Crippen molar-refractivity contribution in [1.82, 2.24) is 0 Å². The lowest BCUT2D eigenvalue weighted by atomic mass is 10.4. The fourth-order valence-corrected chi connectivity index (χ4v) is 1.80. The molecule has 0 saturated carbocycles. The zero-order valence-corrected chi connectivity index (χ0v) is 7.84. The lowest BCUT2D eigenvalue weighted by Crippen LogP contribution is -1.95. The fraction of sp³-hybridized carbons (Fsp3) is 1.00. The van der Waals surface area contributed by atoms with E-state index in [9.17, 15) is 4.57 Å². The Hall–Kier alpha value is 0.110. The Morgan fingerprint density at radius 3 is 2.18 bits per heavy atom. The van der Waals surface area contributed by atoms with Crippen molar-refractivity contribution in [3.8, 4) is 0 Å². The second-order valence-corrected chi connectivity index (χ2v) is 4.53. The molecule has 0 atom stereocenters. The van der Waals surface area contributed by atoms with Gasteiger partial charge in [0.2, 0.25) is 0 Å². The predicted molar refractivity (Wildman–Crippen MR) is 42.8 cm³/mol. The fourth-order valence-electron chi connectivity index (χ4n) is 0.674. The number of hydrogen-bond donors (Lipinski definition) is 1. The minimum absolute atomic E-state index is 0.118. The summed E-state index contributed by atoms with van der Waals surface area (Å²) in [6.07, 6.45) is 1.67. The maximum atomic E-state index is 11.3. The van der Waals surface area contributed by atoms with Gasteiger partial charge in [0.25, 0.3) is 0 Å². The summed E-state index contributed by atoms with van der Waals surface area (Å²) in [7, 11) is -0.0933. The van der Waals surface area contributed by atoms with Gasteiger partial charge in [-0.2, -0.15) is 0 Å². The molecule has 0 radical (unpaired) electrons. The maximum Gasteiger partial charge on any atom is 0.330 e. The van der Waals surface area contributed by atoms with E-state index < -0.39 is 7.60 Å². The lowest BCUT2D eigenvalue weighted by molar-refractivity contribution is 0.267. The van der Waals surface area contributed by atoms with Crippen molar-refractivity contribution in [3.63, 3.8) is 0 Å². The molecule has 0 aromatic carbocycles. The quantitative estimate of drug-likeness (QED) is 0.496. The molecule has 0 heterocycles. The molecule has 0 aliphatic rings. The summed E-state index contributed by atoms with van der Waals surface area (Å²) in [5, 5.41) is 8.44. The van der Waals surface area contributed by atoms with Crippen molar-refractivity contribution in [2.45, 2.75) is 12.8 Å². The summed E-state index contributed by atoms with van der Waals surface area (Å²) >= 11 is 0. The molecule has 0 unspecified atom stereocenters. The normalized spacial score (nSPS) is 11.9. The second kappa shape index (κ2) is 5.72.